The summed E-state index contributed by atoms with van der Waals surface area (Å²) in [6.45, 7) is 0.376. The fraction of sp³-hybridized carbons (Fsp3) is 0.414. The highest BCUT2D eigenvalue weighted by molar-refractivity contribution is 5.94. The van der Waals surface area contributed by atoms with Crippen LogP contribution in [0.3, 0.4) is 0 Å². The molecule has 4 amide bonds. The molecule has 0 saturated carbocycles. The first kappa shape index (κ1) is 32.9. The van der Waals surface area contributed by atoms with Gasteiger partial charge in [0.25, 0.3) is 0 Å². The predicted octanol–water partition coefficient (Wildman–Crippen LogP) is -0.267. The van der Waals surface area contributed by atoms with Gasteiger partial charge >= 0.3 is 5.97 Å². The van der Waals surface area contributed by atoms with Crippen molar-refractivity contribution >= 4 is 29.6 Å². The van der Waals surface area contributed by atoms with E-state index in [0.717, 1.165) is 11.1 Å². The van der Waals surface area contributed by atoms with Gasteiger partial charge in [0.05, 0.1) is 6.04 Å². The van der Waals surface area contributed by atoms with Crippen molar-refractivity contribution in [2.45, 2.75) is 69.1 Å². The summed E-state index contributed by atoms with van der Waals surface area (Å²) in [7, 11) is 0. The van der Waals surface area contributed by atoms with Crippen LogP contribution < -0.4 is 33.2 Å². The lowest BCUT2D eigenvalue weighted by Gasteiger charge is -2.25. The van der Waals surface area contributed by atoms with E-state index in [1.807, 2.05) is 36.4 Å². The Morgan fingerprint density at radius 2 is 1.20 bits per heavy atom. The molecule has 0 aliphatic rings. The highest BCUT2D eigenvalue weighted by Crippen LogP contribution is 2.08. The third-order valence-electron chi connectivity index (χ3n) is 6.42. The normalized spacial score (nSPS) is 13.7. The first-order chi connectivity index (χ1) is 19.6. The van der Waals surface area contributed by atoms with Gasteiger partial charge in [-0.05, 0) is 49.8 Å². The molecule has 0 heterocycles. The van der Waals surface area contributed by atoms with E-state index in [0.29, 0.717) is 19.4 Å². The first-order valence-electron chi connectivity index (χ1n) is 13.6. The molecule has 0 bridgehead atoms. The fourth-order valence-electron chi connectivity index (χ4n) is 4.15. The van der Waals surface area contributed by atoms with Crippen molar-refractivity contribution in [1.82, 2.24) is 16.0 Å². The number of hydrogen-bond acceptors (Lipinski definition) is 7. The second-order valence-electron chi connectivity index (χ2n) is 9.80. The number of benzene rings is 2. The molecule has 0 aliphatic carbocycles. The van der Waals surface area contributed by atoms with Crippen molar-refractivity contribution < 1.29 is 29.1 Å². The van der Waals surface area contributed by atoms with E-state index in [9.17, 15) is 29.1 Å². The Kier molecular flexibility index (Phi) is 14.0. The molecular formula is C29H40N6O6. The van der Waals surface area contributed by atoms with E-state index in [1.165, 1.54) is 0 Å². The quantitative estimate of drug-likeness (QED) is 0.118. The molecule has 12 nitrogen and oxygen atoms in total. The number of aliphatic carboxylic acids is 1. The minimum Gasteiger partial charge on any atom is -0.480 e. The van der Waals surface area contributed by atoms with Gasteiger partial charge in [0.15, 0.2) is 0 Å². The van der Waals surface area contributed by atoms with Crippen LogP contribution in [0.4, 0.5) is 0 Å². The molecule has 0 spiro atoms. The maximum Gasteiger partial charge on any atom is 0.326 e. The third kappa shape index (κ3) is 12.2. The van der Waals surface area contributed by atoms with Crippen LogP contribution in [-0.2, 0) is 36.8 Å². The second-order valence-corrected chi connectivity index (χ2v) is 9.80. The van der Waals surface area contributed by atoms with Gasteiger partial charge in [0, 0.05) is 12.8 Å². The number of amides is 4. The minimum absolute atomic E-state index is 0.0947. The summed E-state index contributed by atoms with van der Waals surface area (Å²) in [4.78, 5) is 62.7. The molecule has 0 aliphatic heterocycles. The minimum atomic E-state index is -1.28. The molecule has 10 N–H and O–H groups in total. The summed E-state index contributed by atoms with van der Waals surface area (Å²) in [6, 6.07) is 13.6. The Bertz CT molecular complexity index is 1150. The maximum atomic E-state index is 13.5. The van der Waals surface area contributed by atoms with Gasteiger partial charge in [-0.25, -0.2) is 4.79 Å². The van der Waals surface area contributed by atoms with Gasteiger partial charge in [-0.3, -0.25) is 19.2 Å². The van der Waals surface area contributed by atoms with Crippen LogP contribution in [0.15, 0.2) is 60.7 Å². The van der Waals surface area contributed by atoms with Crippen molar-refractivity contribution in [2.24, 2.45) is 17.2 Å². The predicted molar refractivity (Wildman–Crippen MR) is 153 cm³/mol. The Labute approximate surface area is 239 Å². The zero-order valence-electron chi connectivity index (χ0n) is 23.0. The van der Waals surface area contributed by atoms with Crippen LogP contribution in [0.25, 0.3) is 0 Å². The molecule has 0 radical (unpaired) electrons. The smallest absolute Gasteiger partial charge is 0.326 e. The lowest BCUT2D eigenvalue weighted by molar-refractivity contribution is -0.142. The van der Waals surface area contributed by atoms with E-state index in [2.05, 4.69) is 16.0 Å². The zero-order chi connectivity index (χ0) is 30.2. The van der Waals surface area contributed by atoms with Crippen LogP contribution in [0.5, 0.6) is 0 Å². The topological polar surface area (TPSA) is 220 Å². The molecular weight excluding hydrogens is 528 g/mol. The van der Waals surface area contributed by atoms with Gasteiger partial charge in [0.1, 0.15) is 18.1 Å². The second kappa shape index (κ2) is 17.4. The lowest BCUT2D eigenvalue weighted by atomic mass is 10.0. The van der Waals surface area contributed by atoms with Crippen molar-refractivity contribution in [3.05, 3.63) is 71.8 Å². The van der Waals surface area contributed by atoms with Crippen LogP contribution in [0.2, 0.25) is 0 Å². The Morgan fingerprint density at radius 1 is 0.683 bits per heavy atom. The zero-order valence-corrected chi connectivity index (χ0v) is 23.0. The number of carboxylic acid groups (broad SMARTS) is 1. The monoisotopic (exact) mass is 568 g/mol. The Hall–Kier alpha value is -4.29. The van der Waals surface area contributed by atoms with Gasteiger partial charge < -0.3 is 38.3 Å². The number of carboxylic acids is 1. The molecule has 0 saturated heterocycles. The van der Waals surface area contributed by atoms with Gasteiger partial charge in [-0.1, -0.05) is 60.7 Å². The molecule has 2 aromatic carbocycles. The molecule has 0 fully saturated rings. The number of rotatable bonds is 18. The van der Waals surface area contributed by atoms with Gasteiger partial charge in [0.2, 0.25) is 23.6 Å². The van der Waals surface area contributed by atoms with Gasteiger partial charge in [-0.2, -0.15) is 0 Å². The number of carbonyl (C=O) groups is 5. The van der Waals surface area contributed by atoms with Crippen molar-refractivity contribution in [3.63, 3.8) is 0 Å². The molecule has 222 valence electrons. The average molecular weight is 569 g/mol. The molecule has 4 unspecified atom stereocenters. The van der Waals surface area contributed by atoms with Crippen LogP contribution in [0, 0.1) is 0 Å². The van der Waals surface area contributed by atoms with Crippen molar-refractivity contribution in [2.75, 3.05) is 6.54 Å². The van der Waals surface area contributed by atoms with E-state index < -0.39 is 53.8 Å². The van der Waals surface area contributed by atoms with E-state index in [4.69, 9.17) is 17.2 Å². The fourth-order valence-corrected chi connectivity index (χ4v) is 4.15. The molecule has 12 heteroatoms. The summed E-state index contributed by atoms with van der Waals surface area (Å²) < 4.78 is 0. The lowest BCUT2D eigenvalue weighted by Crippen LogP contribution is -2.57. The number of carbonyl (C=O) groups excluding carboxylic acids is 4. The third-order valence-corrected chi connectivity index (χ3v) is 6.42. The van der Waals surface area contributed by atoms with Crippen molar-refractivity contribution in [3.8, 4) is 0 Å². The van der Waals surface area contributed by atoms with Crippen LogP contribution in [0.1, 0.15) is 43.2 Å². The highest BCUT2D eigenvalue weighted by atomic mass is 16.4. The van der Waals surface area contributed by atoms with E-state index in [1.54, 1.807) is 24.3 Å². The molecule has 41 heavy (non-hydrogen) atoms. The van der Waals surface area contributed by atoms with Crippen LogP contribution >= 0.6 is 0 Å². The van der Waals surface area contributed by atoms with Crippen LogP contribution in [-0.4, -0.2) is 65.4 Å². The molecule has 2 aromatic rings. The van der Waals surface area contributed by atoms with E-state index in [-0.39, 0.29) is 32.1 Å². The number of unbranched alkanes of at least 4 members (excludes halogenated alkanes) is 1. The number of nitrogens with two attached hydrogens (primary N) is 3. The number of hydrogen-bond donors (Lipinski definition) is 7. The summed E-state index contributed by atoms with van der Waals surface area (Å²) in [6.07, 6.45) is 1.13. The molecule has 2 rings (SSSR count). The number of primary amides is 1. The maximum absolute atomic E-state index is 13.5. The average Bonchev–Trinajstić information content (AvgIpc) is 2.95. The SMILES string of the molecule is NCCCCC(NC(=O)C(CCC(N)=O)NC(=O)C(Cc1ccccc1)NC(=O)C(N)Cc1ccccc1)C(=O)O. The van der Waals surface area contributed by atoms with E-state index >= 15 is 0 Å². The highest BCUT2D eigenvalue weighted by Gasteiger charge is 2.30. The van der Waals surface area contributed by atoms with Crippen molar-refractivity contribution in [1.29, 1.82) is 0 Å². The van der Waals surface area contributed by atoms with Gasteiger partial charge in [-0.15, -0.1) is 0 Å². The molecule has 0 aromatic heterocycles. The Balaban J connectivity index is 2.20. The summed E-state index contributed by atoms with van der Waals surface area (Å²) >= 11 is 0. The Morgan fingerprint density at radius 3 is 1.73 bits per heavy atom. The summed E-state index contributed by atoms with van der Waals surface area (Å²) in [5.74, 6) is -3.99. The number of nitrogens with one attached hydrogen (secondary N) is 3. The standard InChI is InChI=1S/C29H40N6O6/c30-16-8-7-13-23(29(40)41)34-27(38)22(14-15-25(32)36)33-28(39)24(18-20-11-5-2-6-12-20)35-26(37)21(31)17-19-9-3-1-4-10-19/h1-6,9-12,21-24H,7-8,13-18,30-31H2,(H2,32,36)(H,33,39)(H,34,38)(H,35,37)(H,40,41). The largest absolute Gasteiger partial charge is 0.480 e. The first-order valence-corrected chi connectivity index (χ1v) is 13.6. The molecule has 4 atom stereocenters. The summed E-state index contributed by atoms with van der Waals surface area (Å²) in [5.41, 5.74) is 18.5. The summed E-state index contributed by atoms with van der Waals surface area (Å²) in [5, 5.41) is 17.2.